The quantitative estimate of drug-likeness (QED) is 0.711. The van der Waals surface area contributed by atoms with Crippen LogP contribution in [0.5, 0.6) is 0 Å². The van der Waals surface area contributed by atoms with Crippen molar-refractivity contribution in [1.82, 2.24) is 5.32 Å². The first kappa shape index (κ1) is 19.0. The molecular weight excluding hydrogens is 344 g/mol. The van der Waals surface area contributed by atoms with Crippen LogP contribution in [0.1, 0.15) is 35.2 Å². The number of amides is 2. The SMILES string of the molecule is Cc1cc([C@@H](O)CCNC(=O)C(=O)Nc2cccc(Cl)c2C)c(C)o1. The van der Waals surface area contributed by atoms with Crippen LogP contribution >= 0.6 is 11.6 Å². The molecular formula is C18H21ClN2O4. The van der Waals surface area contributed by atoms with Gasteiger partial charge in [0.2, 0.25) is 0 Å². The molecule has 1 aromatic heterocycles. The molecule has 1 heterocycles. The molecule has 0 saturated heterocycles. The molecule has 0 fully saturated rings. The summed E-state index contributed by atoms with van der Waals surface area (Å²) in [6.45, 7) is 5.48. The van der Waals surface area contributed by atoms with Crippen LogP contribution in [0.3, 0.4) is 0 Å². The van der Waals surface area contributed by atoms with E-state index in [1.54, 1.807) is 45.0 Å². The number of carbonyl (C=O) groups is 2. The predicted octanol–water partition coefficient (Wildman–Crippen LogP) is 3.04. The van der Waals surface area contributed by atoms with E-state index in [9.17, 15) is 14.7 Å². The topological polar surface area (TPSA) is 91.6 Å². The van der Waals surface area contributed by atoms with Crippen molar-refractivity contribution in [3.05, 3.63) is 51.9 Å². The molecule has 0 saturated carbocycles. The molecule has 0 aliphatic carbocycles. The normalized spacial score (nSPS) is 11.9. The molecule has 6 nitrogen and oxygen atoms in total. The molecule has 25 heavy (non-hydrogen) atoms. The summed E-state index contributed by atoms with van der Waals surface area (Å²) in [7, 11) is 0. The molecule has 0 bridgehead atoms. The van der Waals surface area contributed by atoms with Crippen molar-refractivity contribution in [1.29, 1.82) is 0 Å². The lowest BCUT2D eigenvalue weighted by Crippen LogP contribution is -2.36. The zero-order chi connectivity index (χ0) is 18.6. The lowest BCUT2D eigenvalue weighted by Gasteiger charge is -2.11. The molecule has 2 rings (SSSR count). The molecule has 2 aromatic rings. The van der Waals surface area contributed by atoms with Gasteiger partial charge in [-0.05, 0) is 51.0 Å². The summed E-state index contributed by atoms with van der Waals surface area (Å²) < 4.78 is 5.37. The van der Waals surface area contributed by atoms with Crippen LogP contribution in [0.15, 0.2) is 28.7 Å². The van der Waals surface area contributed by atoms with Crippen molar-refractivity contribution >= 4 is 29.1 Å². The number of halogens is 1. The number of hydrogen-bond donors (Lipinski definition) is 3. The van der Waals surface area contributed by atoms with Crippen molar-refractivity contribution in [2.75, 3.05) is 11.9 Å². The average Bonchev–Trinajstić information content (AvgIpc) is 2.90. The van der Waals surface area contributed by atoms with Gasteiger partial charge in [0.05, 0.1) is 6.10 Å². The Morgan fingerprint density at radius 1 is 1.24 bits per heavy atom. The summed E-state index contributed by atoms with van der Waals surface area (Å²) in [5, 5.41) is 15.7. The standard InChI is InChI=1S/C18H21ClN2O4/c1-10-9-13(12(3)25-10)16(22)7-8-20-17(23)18(24)21-15-6-4-5-14(19)11(15)2/h4-6,9,16,22H,7-8H2,1-3H3,(H,20,23)(H,21,24)/t16-/m0/s1. The summed E-state index contributed by atoms with van der Waals surface area (Å²) in [6.07, 6.45) is -0.495. The first-order valence-corrected chi connectivity index (χ1v) is 8.26. The van der Waals surface area contributed by atoms with Gasteiger partial charge in [-0.25, -0.2) is 0 Å². The molecule has 3 N–H and O–H groups in total. The number of aryl methyl sites for hydroxylation is 2. The lowest BCUT2D eigenvalue weighted by molar-refractivity contribution is -0.136. The van der Waals surface area contributed by atoms with E-state index in [0.717, 1.165) is 0 Å². The van der Waals surface area contributed by atoms with Gasteiger partial charge in [0.15, 0.2) is 0 Å². The second-order valence-electron chi connectivity index (χ2n) is 5.80. The molecule has 0 aliphatic rings. The van der Waals surface area contributed by atoms with Crippen LogP contribution in [0.25, 0.3) is 0 Å². The maximum atomic E-state index is 11.9. The van der Waals surface area contributed by atoms with Crippen molar-refractivity contribution in [2.45, 2.75) is 33.3 Å². The molecule has 1 aromatic carbocycles. The Morgan fingerprint density at radius 3 is 2.60 bits per heavy atom. The van der Waals surface area contributed by atoms with Crippen LogP contribution in [0.2, 0.25) is 5.02 Å². The zero-order valence-corrected chi connectivity index (χ0v) is 15.1. The summed E-state index contributed by atoms with van der Waals surface area (Å²) in [6, 6.07) is 6.82. The number of rotatable bonds is 5. The van der Waals surface area contributed by atoms with Gasteiger partial charge in [-0.1, -0.05) is 17.7 Å². The Balaban J connectivity index is 1.84. The van der Waals surface area contributed by atoms with Crippen LogP contribution in [-0.2, 0) is 9.59 Å². The maximum Gasteiger partial charge on any atom is 0.313 e. The molecule has 134 valence electrons. The second-order valence-corrected chi connectivity index (χ2v) is 6.20. The third kappa shape index (κ3) is 4.84. The van der Waals surface area contributed by atoms with Crippen LogP contribution in [0.4, 0.5) is 5.69 Å². The molecule has 2 amide bonds. The Bertz CT molecular complexity index is 785. The van der Waals surface area contributed by atoms with E-state index in [4.69, 9.17) is 16.0 Å². The number of furan rings is 1. The molecule has 0 spiro atoms. The van der Waals surface area contributed by atoms with Crippen LogP contribution in [0, 0.1) is 20.8 Å². The molecule has 0 unspecified atom stereocenters. The molecule has 0 aliphatic heterocycles. The minimum absolute atomic E-state index is 0.158. The fraction of sp³-hybridized carbons (Fsp3) is 0.333. The Hall–Kier alpha value is -2.31. The van der Waals surface area contributed by atoms with E-state index in [-0.39, 0.29) is 13.0 Å². The summed E-state index contributed by atoms with van der Waals surface area (Å²) in [5.74, 6) is -0.195. The third-order valence-electron chi connectivity index (χ3n) is 3.86. The fourth-order valence-electron chi connectivity index (χ4n) is 2.46. The number of aliphatic hydroxyl groups is 1. The largest absolute Gasteiger partial charge is 0.466 e. The number of aliphatic hydroxyl groups excluding tert-OH is 1. The first-order chi connectivity index (χ1) is 11.8. The monoisotopic (exact) mass is 364 g/mol. The van der Waals surface area contributed by atoms with Gasteiger partial charge in [-0.3, -0.25) is 9.59 Å². The number of benzene rings is 1. The van der Waals surface area contributed by atoms with E-state index < -0.39 is 17.9 Å². The Labute approximate surface area is 151 Å². The third-order valence-corrected chi connectivity index (χ3v) is 4.27. The fourth-order valence-corrected chi connectivity index (χ4v) is 2.64. The highest BCUT2D eigenvalue weighted by atomic mass is 35.5. The van der Waals surface area contributed by atoms with Gasteiger partial charge in [0.25, 0.3) is 0 Å². The number of anilines is 1. The van der Waals surface area contributed by atoms with Gasteiger partial charge < -0.3 is 20.2 Å². The van der Waals surface area contributed by atoms with Gasteiger partial charge >= 0.3 is 11.8 Å². The highest BCUT2D eigenvalue weighted by Crippen LogP contribution is 2.24. The minimum atomic E-state index is -0.782. The summed E-state index contributed by atoms with van der Waals surface area (Å²) in [4.78, 5) is 23.8. The number of hydrogen-bond acceptors (Lipinski definition) is 4. The first-order valence-electron chi connectivity index (χ1n) is 7.89. The van der Waals surface area contributed by atoms with Crippen molar-refractivity contribution in [3.8, 4) is 0 Å². The van der Waals surface area contributed by atoms with E-state index in [1.165, 1.54) is 0 Å². The van der Waals surface area contributed by atoms with Gasteiger partial charge in [-0.2, -0.15) is 0 Å². The van der Waals surface area contributed by atoms with E-state index in [1.807, 2.05) is 0 Å². The van der Waals surface area contributed by atoms with Crippen molar-refractivity contribution in [2.24, 2.45) is 0 Å². The Kier molecular flexibility index (Phi) is 6.22. The van der Waals surface area contributed by atoms with Crippen molar-refractivity contribution < 1.29 is 19.1 Å². The zero-order valence-electron chi connectivity index (χ0n) is 14.4. The van der Waals surface area contributed by atoms with E-state index in [2.05, 4.69) is 10.6 Å². The second kappa shape index (κ2) is 8.18. The molecule has 0 radical (unpaired) electrons. The lowest BCUT2D eigenvalue weighted by atomic mass is 10.1. The summed E-state index contributed by atoms with van der Waals surface area (Å²) >= 11 is 5.98. The maximum absolute atomic E-state index is 11.9. The van der Waals surface area contributed by atoms with Gasteiger partial charge in [0, 0.05) is 22.8 Å². The van der Waals surface area contributed by atoms with Crippen molar-refractivity contribution in [3.63, 3.8) is 0 Å². The average molecular weight is 365 g/mol. The molecule has 1 atom stereocenters. The van der Waals surface area contributed by atoms with Crippen LogP contribution < -0.4 is 10.6 Å². The van der Waals surface area contributed by atoms with Crippen LogP contribution in [-0.4, -0.2) is 23.5 Å². The van der Waals surface area contributed by atoms with Gasteiger partial charge in [-0.15, -0.1) is 0 Å². The predicted molar refractivity (Wildman–Crippen MR) is 95.6 cm³/mol. The Morgan fingerprint density at radius 2 is 1.96 bits per heavy atom. The highest BCUT2D eigenvalue weighted by molar-refractivity contribution is 6.40. The summed E-state index contributed by atoms with van der Waals surface area (Å²) in [5.41, 5.74) is 1.86. The number of carbonyl (C=O) groups excluding carboxylic acids is 2. The molecule has 7 heteroatoms. The smallest absolute Gasteiger partial charge is 0.313 e. The van der Waals surface area contributed by atoms with E-state index >= 15 is 0 Å². The number of nitrogens with one attached hydrogen (secondary N) is 2. The minimum Gasteiger partial charge on any atom is -0.466 e. The van der Waals surface area contributed by atoms with E-state index in [0.29, 0.717) is 33.4 Å². The highest BCUT2D eigenvalue weighted by Gasteiger charge is 2.17. The van der Waals surface area contributed by atoms with Gasteiger partial charge in [0.1, 0.15) is 11.5 Å².